The molecular formula is C25H35ClNO2+. The highest BCUT2D eigenvalue weighted by molar-refractivity contribution is 6.30. The van der Waals surface area contributed by atoms with E-state index in [1.165, 1.54) is 11.1 Å². The van der Waals surface area contributed by atoms with Gasteiger partial charge in [0.15, 0.2) is 0 Å². The van der Waals surface area contributed by atoms with Crippen LogP contribution in [0.15, 0.2) is 48.5 Å². The van der Waals surface area contributed by atoms with Crippen molar-refractivity contribution in [2.75, 3.05) is 20.3 Å². The fourth-order valence-corrected chi connectivity index (χ4v) is 4.71. The van der Waals surface area contributed by atoms with E-state index in [2.05, 4.69) is 62.5 Å². The van der Waals surface area contributed by atoms with Crippen LogP contribution in [-0.4, -0.2) is 26.4 Å². The summed E-state index contributed by atoms with van der Waals surface area (Å²) < 4.78 is 11.9. The fourth-order valence-electron chi connectivity index (χ4n) is 4.58. The Bertz CT molecular complexity index is 777. The van der Waals surface area contributed by atoms with E-state index >= 15 is 0 Å². The van der Waals surface area contributed by atoms with Gasteiger partial charge < -0.3 is 14.8 Å². The summed E-state index contributed by atoms with van der Waals surface area (Å²) in [5.41, 5.74) is 2.74. The third kappa shape index (κ3) is 5.33. The predicted molar refractivity (Wildman–Crippen MR) is 120 cm³/mol. The lowest BCUT2D eigenvalue weighted by molar-refractivity contribution is -0.693. The Hall–Kier alpha value is -1.55. The van der Waals surface area contributed by atoms with E-state index in [4.69, 9.17) is 21.1 Å². The first-order chi connectivity index (χ1) is 13.9. The minimum Gasteiger partial charge on any atom is -0.496 e. The van der Waals surface area contributed by atoms with Gasteiger partial charge in [-0.05, 0) is 43.9 Å². The molecule has 0 amide bonds. The second-order valence-electron chi connectivity index (χ2n) is 8.70. The van der Waals surface area contributed by atoms with Gasteiger partial charge in [0.05, 0.1) is 19.8 Å². The van der Waals surface area contributed by atoms with E-state index in [1.54, 1.807) is 7.11 Å². The van der Waals surface area contributed by atoms with Crippen LogP contribution in [0.2, 0.25) is 5.02 Å². The number of benzene rings is 2. The monoisotopic (exact) mass is 416 g/mol. The molecule has 1 aliphatic rings. The number of quaternary nitrogens is 1. The van der Waals surface area contributed by atoms with E-state index in [0.29, 0.717) is 18.1 Å². The number of rotatable bonds is 8. The first-order valence-electron chi connectivity index (χ1n) is 10.8. The summed E-state index contributed by atoms with van der Waals surface area (Å²) in [6.45, 7) is 8.66. The van der Waals surface area contributed by atoms with E-state index in [-0.39, 0.29) is 5.41 Å². The largest absolute Gasteiger partial charge is 0.496 e. The van der Waals surface area contributed by atoms with Gasteiger partial charge in [0.1, 0.15) is 11.8 Å². The van der Waals surface area contributed by atoms with Crippen LogP contribution in [0.1, 0.15) is 57.2 Å². The maximum absolute atomic E-state index is 6.13. The van der Waals surface area contributed by atoms with Gasteiger partial charge in [-0.2, -0.15) is 0 Å². The summed E-state index contributed by atoms with van der Waals surface area (Å²) in [7, 11) is 1.78. The molecule has 0 aliphatic carbocycles. The summed E-state index contributed by atoms with van der Waals surface area (Å²) >= 11 is 6.04. The highest BCUT2D eigenvalue weighted by Gasteiger charge is 2.41. The summed E-state index contributed by atoms with van der Waals surface area (Å²) in [6.07, 6.45) is 3.49. The Labute approximate surface area is 180 Å². The molecule has 158 valence electrons. The summed E-state index contributed by atoms with van der Waals surface area (Å²) in [5.74, 6) is 1.52. The van der Waals surface area contributed by atoms with Crippen molar-refractivity contribution < 1.29 is 14.8 Å². The van der Waals surface area contributed by atoms with Crippen molar-refractivity contribution in [1.29, 1.82) is 0 Å². The Morgan fingerprint density at radius 2 is 1.86 bits per heavy atom. The third-order valence-electron chi connectivity index (χ3n) is 6.47. The van der Waals surface area contributed by atoms with Crippen molar-refractivity contribution in [2.45, 2.75) is 57.6 Å². The van der Waals surface area contributed by atoms with Crippen molar-refractivity contribution in [3.8, 4) is 5.75 Å². The van der Waals surface area contributed by atoms with Crippen molar-refractivity contribution in [1.82, 2.24) is 0 Å². The first kappa shape index (κ1) is 22.1. The van der Waals surface area contributed by atoms with E-state index in [0.717, 1.165) is 43.2 Å². The van der Waals surface area contributed by atoms with E-state index in [1.807, 2.05) is 12.1 Å². The quantitative estimate of drug-likeness (QED) is 0.646. The molecule has 29 heavy (non-hydrogen) atoms. The molecular weight excluding hydrogens is 382 g/mol. The molecule has 3 nitrogen and oxygen atoms in total. The Kier molecular flexibility index (Phi) is 7.61. The molecule has 1 heterocycles. The standard InChI is InChI=1S/C25H34ClNO2/c1-18(2)24-17-25(14-16-29-24,22-7-5-6-8-23(22)28-4)13-15-27-19(3)20-9-11-21(26)12-10-20/h5-12,18-19,24,27H,13-17H2,1-4H3/p+1/t19-,24-,25+/m0/s1. The van der Waals surface area contributed by atoms with Gasteiger partial charge in [0, 0.05) is 34.6 Å². The van der Waals surface area contributed by atoms with Crippen LogP contribution < -0.4 is 10.1 Å². The average molecular weight is 417 g/mol. The molecule has 0 radical (unpaired) electrons. The van der Waals surface area contributed by atoms with Crippen LogP contribution in [0.3, 0.4) is 0 Å². The zero-order valence-corrected chi connectivity index (χ0v) is 18.9. The molecule has 4 heteroatoms. The Morgan fingerprint density at radius 1 is 1.14 bits per heavy atom. The van der Waals surface area contributed by atoms with Crippen LogP contribution in [-0.2, 0) is 10.2 Å². The number of halogens is 1. The molecule has 1 aliphatic heterocycles. The van der Waals surface area contributed by atoms with Crippen molar-refractivity contribution in [3.05, 3.63) is 64.7 Å². The molecule has 1 saturated heterocycles. The van der Waals surface area contributed by atoms with Crippen molar-refractivity contribution in [3.63, 3.8) is 0 Å². The lowest BCUT2D eigenvalue weighted by Gasteiger charge is -2.43. The Morgan fingerprint density at radius 3 is 2.55 bits per heavy atom. The molecule has 0 unspecified atom stereocenters. The van der Waals surface area contributed by atoms with Gasteiger partial charge in [0.2, 0.25) is 0 Å². The number of hydrogen-bond acceptors (Lipinski definition) is 2. The number of nitrogens with two attached hydrogens (primary N) is 1. The van der Waals surface area contributed by atoms with Gasteiger partial charge in [-0.25, -0.2) is 0 Å². The molecule has 3 rings (SSSR count). The molecule has 2 aromatic rings. The molecule has 3 atom stereocenters. The van der Waals surface area contributed by atoms with E-state index in [9.17, 15) is 0 Å². The van der Waals surface area contributed by atoms with E-state index < -0.39 is 0 Å². The lowest BCUT2D eigenvalue weighted by Crippen LogP contribution is -2.85. The van der Waals surface area contributed by atoms with Gasteiger partial charge in [-0.15, -0.1) is 0 Å². The highest BCUT2D eigenvalue weighted by atomic mass is 35.5. The lowest BCUT2D eigenvalue weighted by atomic mass is 9.68. The number of methoxy groups -OCH3 is 1. The second kappa shape index (κ2) is 9.97. The zero-order chi connectivity index (χ0) is 20.9. The summed E-state index contributed by atoms with van der Waals surface area (Å²) in [5, 5.41) is 3.23. The third-order valence-corrected chi connectivity index (χ3v) is 6.72. The zero-order valence-electron chi connectivity index (χ0n) is 18.2. The van der Waals surface area contributed by atoms with Gasteiger partial charge in [0.25, 0.3) is 0 Å². The summed E-state index contributed by atoms with van der Waals surface area (Å²) in [4.78, 5) is 0. The van der Waals surface area contributed by atoms with Crippen LogP contribution in [0.4, 0.5) is 0 Å². The molecule has 0 bridgehead atoms. The van der Waals surface area contributed by atoms with Crippen LogP contribution in [0, 0.1) is 5.92 Å². The fraction of sp³-hybridized carbons (Fsp3) is 0.520. The highest BCUT2D eigenvalue weighted by Crippen LogP contribution is 2.44. The topological polar surface area (TPSA) is 35.1 Å². The average Bonchev–Trinajstić information content (AvgIpc) is 2.74. The molecule has 0 saturated carbocycles. The first-order valence-corrected chi connectivity index (χ1v) is 11.2. The molecule has 0 aromatic heterocycles. The van der Waals surface area contributed by atoms with Gasteiger partial charge in [-0.3, -0.25) is 0 Å². The van der Waals surface area contributed by atoms with Gasteiger partial charge >= 0.3 is 0 Å². The molecule has 0 spiro atoms. The van der Waals surface area contributed by atoms with Crippen molar-refractivity contribution >= 4 is 11.6 Å². The number of ether oxygens (including phenoxy) is 2. The Balaban J connectivity index is 1.77. The van der Waals surface area contributed by atoms with Crippen LogP contribution in [0.25, 0.3) is 0 Å². The minimum atomic E-state index is 0.0933. The second-order valence-corrected chi connectivity index (χ2v) is 9.14. The number of para-hydroxylation sites is 1. The predicted octanol–water partition coefficient (Wildman–Crippen LogP) is 5.14. The molecule has 1 fully saturated rings. The maximum atomic E-state index is 6.13. The van der Waals surface area contributed by atoms with Crippen LogP contribution >= 0.6 is 11.6 Å². The normalized spacial score (nSPS) is 23.2. The number of hydrogen-bond donors (Lipinski definition) is 1. The smallest absolute Gasteiger partial charge is 0.122 e. The SMILES string of the molecule is COc1ccccc1[C@]1(CC[NH2+][C@@H](C)c2ccc(Cl)cc2)CCO[C@H](C(C)C)C1. The molecule has 2 aromatic carbocycles. The van der Waals surface area contributed by atoms with Crippen molar-refractivity contribution in [2.24, 2.45) is 5.92 Å². The van der Waals surface area contributed by atoms with Crippen LogP contribution in [0.5, 0.6) is 5.75 Å². The maximum Gasteiger partial charge on any atom is 0.122 e. The molecule has 2 N–H and O–H groups in total. The van der Waals surface area contributed by atoms with Gasteiger partial charge in [-0.1, -0.05) is 55.8 Å². The summed E-state index contributed by atoms with van der Waals surface area (Å²) in [6, 6.07) is 17.2. The minimum absolute atomic E-state index is 0.0933.